The molecule has 0 spiro atoms. The van der Waals surface area contributed by atoms with E-state index in [1.807, 2.05) is 33.2 Å². The van der Waals surface area contributed by atoms with Gasteiger partial charge in [-0.3, -0.25) is 10.00 Å². The molecular formula is C16H25N5O2S. The molecule has 7 nitrogen and oxygen atoms in total. The molecule has 24 heavy (non-hydrogen) atoms. The third-order valence-corrected chi connectivity index (χ3v) is 4.52. The molecule has 0 bridgehead atoms. The van der Waals surface area contributed by atoms with E-state index in [-0.39, 0.29) is 6.04 Å². The van der Waals surface area contributed by atoms with Gasteiger partial charge in [0.15, 0.2) is 0 Å². The number of nitrogens with zero attached hydrogens (tertiary/aromatic N) is 3. The smallest absolute Gasteiger partial charge is 0.413 e. The third-order valence-electron chi connectivity index (χ3n) is 3.41. The maximum absolute atomic E-state index is 12.0. The lowest BCUT2D eigenvalue weighted by molar-refractivity contribution is 0.0634. The molecule has 1 atom stereocenters. The summed E-state index contributed by atoms with van der Waals surface area (Å²) in [4.78, 5) is 17.5. The summed E-state index contributed by atoms with van der Waals surface area (Å²) in [7, 11) is 1.78. The second-order valence-electron chi connectivity index (χ2n) is 6.67. The number of rotatable bonds is 5. The first-order valence-corrected chi connectivity index (χ1v) is 8.69. The van der Waals surface area contributed by atoms with E-state index in [2.05, 4.69) is 27.6 Å². The summed E-state index contributed by atoms with van der Waals surface area (Å²) in [6, 6.07) is 0.173. The van der Waals surface area contributed by atoms with Crippen LogP contribution in [0.25, 0.3) is 0 Å². The number of ether oxygens (including phenoxy) is 1. The van der Waals surface area contributed by atoms with Crippen molar-refractivity contribution in [1.82, 2.24) is 20.1 Å². The number of anilines is 1. The normalized spacial score (nSPS) is 12.9. The van der Waals surface area contributed by atoms with Crippen molar-refractivity contribution >= 4 is 23.2 Å². The minimum Gasteiger partial charge on any atom is -0.444 e. The molecule has 2 aromatic heterocycles. The van der Waals surface area contributed by atoms with Gasteiger partial charge in [0.05, 0.1) is 17.4 Å². The van der Waals surface area contributed by atoms with Crippen molar-refractivity contribution in [2.75, 3.05) is 5.32 Å². The van der Waals surface area contributed by atoms with E-state index >= 15 is 0 Å². The number of hydrogen-bond acceptors (Lipinski definition) is 6. The van der Waals surface area contributed by atoms with E-state index in [0.717, 1.165) is 11.3 Å². The third kappa shape index (κ3) is 4.78. The second-order valence-corrected chi connectivity index (χ2v) is 7.56. The fourth-order valence-corrected chi connectivity index (χ4v) is 3.09. The average Bonchev–Trinajstić information content (AvgIpc) is 3.02. The second kappa shape index (κ2) is 7.31. The molecule has 0 aliphatic heterocycles. The zero-order valence-electron chi connectivity index (χ0n) is 15.0. The van der Waals surface area contributed by atoms with Gasteiger partial charge in [-0.25, -0.2) is 9.78 Å². The van der Waals surface area contributed by atoms with Crippen LogP contribution in [0.4, 0.5) is 10.6 Å². The molecule has 0 radical (unpaired) electrons. The van der Waals surface area contributed by atoms with Crippen LogP contribution >= 0.6 is 11.3 Å². The summed E-state index contributed by atoms with van der Waals surface area (Å²) in [6.07, 6.45) is 1.25. The van der Waals surface area contributed by atoms with Gasteiger partial charge < -0.3 is 10.1 Å². The summed E-state index contributed by atoms with van der Waals surface area (Å²) in [5.41, 5.74) is 3.25. The molecule has 2 aromatic rings. The maximum atomic E-state index is 12.0. The molecule has 0 aliphatic carbocycles. The van der Waals surface area contributed by atoms with Gasteiger partial charge in [-0.05, 0) is 34.6 Å². The van der Waals surface area contributed by atoms with Crippen LogP contribution in [0.15, 0.2) is 11.7 Å². The number of aryl methyl sites for hydroxylation is 2. The average molecular weight is 351 g/mol. The van der Waals surface area contributed by atoms with Crippen LogP contribution in [0.5, 0.6) is 0 Å². The van der Waals surface area contributed by atoms with Gasteiger partial charge >= 0.3 is 6.09 Å². The van der Waals surface area contributed by atoms with Gasteiger partial charge in [0.2, 0.25) is 0 Å². The SMILES string of the molecule is Cc1ncsc1C(C)NCc1cnn(C)c1NC(=O)OC(C)(C)C. The standard InChI is InChI=1S/C16H25N5O2S/c1-10(13-11(2)18-9-24-13)17-7-12-8-19-21(6)14(12)20-15(22)23-16(3,4)5/h8-10,17H,7H2,1-6H3,(H,20,22). The highest BCUT2D eigenvalue weighted by atomic mass is 32.1. The van der Waals surface area contributed by atoms with E-state index in [0.29, 0.717) is 12.4 Å². The fourth-order valence-electron chi connectivity index (χ4n) is 2.26. The minimum atomic E-state index is -0.542. The molecule has 2 rings (SSSR count). The van der Waals surface area contributed by atoms with Crippen molar-refractivity contribution < 1.29 is 9.53 Å². The Kier molecular flexibility index (Phi) is 5.61. The summed E-state index contributed by atoms with van der Waals surface area (Å²) in [5, 5.41) is 10.4. The van der Waals surface area contributed by atoms with E-state index in [9.17, 15) is 4.79 Å². The fraction of sp³-hybridized carbons (Fsp3) is 0.562. The molecule has 2 N–H and O–H groups in total. The van der Waals surface area contributed by atoms with E-state index in [1.54, 1.807) is 29.3 Å². The number of nitrogens with one attached hydrogen (secondary N) is 2. The Morgan fingerprint density at radius 1 is 1.46 bits per heavy atom. The minimum absolute atomic E-state index is 0.173. The molecule has 1 unspecified atom stereocenters. The monoisotopic (exact) mass is 351 g/mol. The Balaban J connectivity index is 2.02. The van der Waals surface area contributed by atoms with Crippen LogP contribution in [0.1, 0.15) is 49.9 Å². The summed E-state index contributed by atoms with van der Waals surface area (Å²) < 4.78 is 6.93. The van der Waals surface area contributed by atoms with Crippen molar-refractivity contribution in [3.8, 4) is 0 Å². The molecule has 0 aromatic carbocycles. The Labute approximate surface area is 146 Å². The summed E-state index contributed by atoms with van der Waals surface area (Å²) >= 11 is 1.64. The molecular weight excluding hydrogens is 326 g/mol. The number of carbonyl (C=O) groups excluding carboxylic acids is 1. The molecule has 0 saturated heterocycles. The van der Waals surface area contributed by atoms with Crippen LogP contribution in [0.3, 0.4) is 0 Å². The largest absolute Gasteiger partial charge is 0.444 e. The lowest BCUT2D eigenvalue weighted by atomic mass is 10.2. The first-order chi connectivity index (χ1) is 11.2. The Morgan fingerprint density at radius 2 is 2.17 bits per heavy atom. The van der Waals surface area contributed by atoms with Gasteiger partial charge in [-0.2, -0.15) is 5.10 Å². The Morgan fingerprint density at radius 3 is 2.75 bits per heavy atom. The van der Waals surface area contributed by atoms with Crippen LogP contribution in [0, 0.1) is 6.92 Å². The Bertz CT molecular complexity index is 702. The lowest BCUT2D eigenvalue weighted by Crippen LogP contribution is -2.28. The van der Waals surface area contributed by atoms with E-state index in [4.69, 9.17) is 4.74 Å². The maximum Gasteiger partial charge on any atom is 0.413 e. The van der Waals surface area contributed by atoms with Crippen molar-refractivity contribution in [2.24, 2.45) is 7.05 Å². The van der Waals surface area contributed by atoms with Gasteiger partial charge in [-0.15, -0.1) is 11.3 Å². The van der Waals surface area contributed by atoms with Crippen molar-refractivity contribution in [2.45, 2.75) is 52.8 Å². The highest BCUT2D eigenvalue weighted by Gasteiger charge is 2.19. The molecule has 1 amide bonds. The number of amides is 1. The number of hydrogen-bond donors (Lipinski definition) is 2. The predicted molar refractivity (Wildman–Crippen MR) is 95.2 cm³/mol. The van der Waals surface area contributed by atoms with Crippen LogP contribution < -0.4 is 10.6 Å². The molecule has 0 fully saturated rings. The number of thiazole rings is 1. The van der Waals surface area contributed by atoms with E-state index in [1.165, 1.54) is 4.88 Å². The summed E-state index contributed by atoms with van der Waals surface area (Å²) in [5.74, 6) is 0.630. The summed E-state index contributed by atoms with van der Waals surface area (Å²) in [6.45, 7) is 10.2. The van der Waals surface area contributed by atoms with Gasteiger partial charge in [0.1, 0.15) is 11.4 Å². The highest BCUT2D eigenvalue weighted by molar-refractivity contribution is 7.09. The van der Waals surface area contributed by atoms with Crippen LogP contribution in [-0.4, -0.2) is 26.5 Å². The zero-order chi connectivity index (χ0) is 17.9. The Hall–Kier alpha value is -1.93. The number of carbonyl (C=O) groups is 1. The molecule has 132 valence electrons. The zero-order valence-corrected chi connectivity index (χ0v) is 15.8. The van der Waals surface area contributed by atoms with Gasteiger partial charge in [0, 0.05) is 30.1 Å². The molecule has 8 heteroatoms. The van der Waals surface area contributed by atoms with Crippen molar-refractivity contribution in [3.63, 3.8) is 0 Å². The molecule has 0 saturated carbocycles. The first-order valence-electron chi connectivity index (χ1n) is 7.81. The van der Waals surface area contributed by atoms with Crippen molar-refractivity contribution in [1.29, 1.82) is 0 Å². The first kappa shape index (κ1) is 18.4. The quantitative estimate of drug-likeness (QED) is 0.863. The van der Waals surface area contributed by atoms with Crippen molar-refractivity contribution in [3.05, 3.63) is 27.8 Å². The van der Waals surface area contributed by atoms with Crippen LogP contribution in [0.2, 0.25) is 0 Å². The van der Waals surface area contributed by atoms with Gasteiger partial charge in [-0.1, -0.05) is 0 Å². The molecule has 2 heterocycles. The lowest BCUT2D eigenvalue weighted by Gasteiger charge is -2.20. The highest BCUT2D eigenvalue weighted by Crippen LogP contribution is 2.22. The van der Waals surface area contributed by atoms with Gasteiger partial charge in [0.25, 0.3) is 0 Å². The molecule has 0 aliphatic rings. The number of aromatic nitrogens is 3. The topological polar surface area (TPSA) is 81.1 Å². The van der Waals surface area contributed by atoms with E-state index < -0.39 is 11.7 Å². The van der Waals surface area contributed by atoms with Crippen LogP contribution in [-0.2, 0) is 18.3 Å². The predicted octanol–water partition coefficient (Wildman–Crippen LogP) is 3.38.